The van der Waals surface area contributed by atoms with E-state index in [1.165, 1.54) is 21.8 Å². The number of aromatic nitrogens is 1. The summed E-state index contributed by atoms with van der Waals surface area (Å²) in [6.45, 7) is 0. The monoisotopic (exact) mass is 503 g/mol. The minimum atomic E-state index is 0.720. The van der Waals surface area contributed by atoms with E-state index in [-0.39, 0.29) is 0 Å². The van der Waals surface area contributed by atoms with Gasteiger partial charge in [-0.15, -0.1) is 0 Å². The van der Waals surface area contributed by atoms with Gasteiger partial charge in [-0.25, -0.2) is 0 Å². The maximum atomic E-state index is 6.37. The average Bonchev–Trinajstić information content (AvgIpc) is 3.33. The zero-order valence-electron chi connectivity index (χ0n) is 21.2. The summed E-state index contributed by atoms with van der Waals surface area (Å²) < 4.78 is 14.7. The molecular weight excluding hydrogens is 478 g/mol. The van der Waals surface area contributed by atoms with Crippen molar-refractivity contribution >= 4 is 21.8 Å². The van der Waals surface area contributed by atoms with Crippen molar-refractivity contribution in [3.8, 4) is 39.8 Å². The van der Waals surface area contributed by atoms with Gasteiger partial charge >= 0.3 is 0 Å². The summed E-state index contributed by atoms with van der Waals surface area (Å²) >= 11 is 0. The van der Waals surface area contributed by atoms with Crippen LogP contribution in [0.4, 0.5) is 0 Å². The highest BCUT2D eigenvalue weighted by atomic mass is 16.5. The second-order valence-corrected chi connectivity index (χ2v) is 9.40. The summed E-state index contributed by atoms with van der Waals surface area (Å²) in [5, 5.41) is 2.52. The van der Waals surface area contributed by atoms with Crippen LogP contribution in [0.15, 0.2) is 152 Å². The van der Waals surface area contributed by atoms with E-state index >= 15 is 0 Å². The van der Waals surface area contributed by atoms with Crippen LogP contribution in [0.2, 0.25) is 0 Å². The second kappa shape index (κ2) is 9.88. The number of rotatable bonds is 6. The largest absolute Gasteiger partial charge is 0.457 e. The van der Waals surface area contributed by atoms with Crippen molar-refractivity contribution < 1.29 is 9.47 Å². The lowest BCUT2D eigenvalue weighted by Gasteiger charge is -2.14. The molecule has 0 unspecified atom stereocenters. The van der Waals surface area contributed by atoms with Gasteiger partial charge in [-0.1, -0.05) is 91.0 Å². The minimum absolute atomic E-state index is 0.720. The third kappa shape index (κ3) is 4.41. The van der Waals surface area contributed by atoms with Crippen LogP contribution >= 0.6 is 0 Å². The predicted molar refractivity (Wildman–Crippen MR) is 159 cm³/mol. The van der Waals surface area contributed by atoms with Gasteiger partial charge in [0.15, 0.2) is 0 Å². The molecule has 3 heteroatoms. The van der Waals surface area contributed by atoms with E-state index in [0.717, 1.165) is 39.8 Å². The van der Waals surface area contributed by atoms with Crippen molar-refractivity contribution in [2.75, 3.05) is 0 Å². The summed E-state index contributed by atoms with van der Waals surface area (Å²) in [5.41, 5.74) is 5.65. The fourth-order valence-electron chi connectivity index (χ4n) is 5.14. The molecule has 0 amide bonds. The molecule has 0 saturated carbocycles. The van der Waals surface area contributed by atoms with Gasteiger partial charge in [0.05, 0.1) is 11.0 Å². The second-order valence-electron chi connectivity index (χ2n) is 9.40. The highest BCUT2D eigenvalue weighted by Crippen LogP contribution is 2.36. The van der Waals surface area contributed by atoms with Gasteiger partial charge < -0.3 is 14.0 Å². The molecule has 0 aliphatic rings. The summed E-state index contributed by atoms with van der Waals surface area (Å²) in [6.07, 6.45) is 0. The van der Waals surface area contributed by atoms with Crippen LogP contribution in [0, 0.1) is 0 Å². The van der Waals surface area contributed by atoms with Crippen LogP contribution in [-0.2, 0) is 0 Å². The molecule has 0 aliphatic heterocycles. The van der Waals surface area contributed by atoms with E-state index in [2.05, 4.69) is 83.4 Å². The van der Waals surface area contributed by atoms with E-state index in [0.29, 0.717) is 0 Å². The molecule has 0 bridgehead atoms. The number of para-hydroxylation sites is 4. The van der Waals surface area contributed by atoms with Crippen molar-refractivity contribution in [3.05, 3.63) is 152 Å². The molecule has 7 aromatic rings. The average molecular weight is 504 g/mol. The SMILES string of the molecule is c1ccc(Oc2cccc(Oc3ccccc3-c3ccc(-n4c5ccccc5c5ccccc54)cc3)c2)cc1. The Hall–Kier alpha value is -5.28. The van der Waals surface area contributed by atoms with E-state index in [1.54, 1.807) is 0 Å². The highest BCUT2D eigenvalue weighted by Gasteiger charge is 2.13. The molecule has 186 valence electrons. The Bertz CT molecular complexity index is 1850. The Labute approximate surface area is 227 Å². The number of hydrogen-bond acceptors (Lipinski definition) is 2. The van der Waals surface area contributed by atoms with Gasteiger partial charge in [-0.2, -0.15) is 0 Å². The lowest BCUT2D eigenvalue weighted by Crippen LogP contribution is -1.94. The van der Waals surface area contributed by atoms with Crippen LogP contribution in [0.1, 0.15) is 0 Å². The molecular formula is C36H25NO2. The minimum Gasteiger partial charge on any atom is -0.457 e. The lowest BCUT2D eigenvalue weighted by atomic mass is 10.0. The molecule has 0 atom stereocenters. The maximum absolute atomic E-state index is 6.37. The molecule has 39 heavy (non-hydrogen) atoms. The molecule has 7 rings (SSSR count). The zero-order valence-corrected chi connectivity index (χ0v) is 21.2. The standard InChI is InChI=1S/C36H25NO2/c1-2-11-28(12-3-1)38-29-13-10-14-30(25-29)39-36-20-9-6-15-31(36)26-21-23-27(24-22-26)37-34-18-7-4-16-32(34)33-17-5-8-19-35(33)37/h1-25H. The van der Waals surface area contributed by atoms with Crippen LogP contribution < -0.4 is 9.47 Å². The van der Waals surface area contributed by atoms with Gasteiger partial charge in [0.1, 0.15) is 23.0 Å². The summed E-state index contributed by atoms with van der Waals surface area (Å²) in [6, 6.07) is 51.4. The van der Waals surface area contributed by atoms with E-state index in [9.17, 15) is 0 Å². The summed E-state index contributed by atoms with van der Waals surface area (Å²) in [4.78, 5) is 0. The number of hydrogen-bond donors (Lipinski definition) is 0. The van der Waals surface area contributed by atoms with Crippen LogP contribution in [-0.4, -0.2) is 4.57 Å². The number of benzene rings is 6. The summed E-state index contributed by atoms with van der Waals surface area (Å²) in [5.74, 6) is 3.03. The van der Waals surface area contributed by atoms with Crippen molar-refractivity contribution in [3.63, 3.8) is 0 Å². The van der Waals surface area contributed by atoms with Crippen molar-refractivity contribution in [1.29, 1.82) is 0 Å². The molecule has 6 aromatic carbocycles. The van der Waals surface area contributed by atoms with E-state index in [1.807, 2.05) is 72.8 Å². The number of fused-ring (bicyclic) bond motifs is 3. The highest BCUT2D eigenvalue weighted by molar-refractivity contribution is 6.09. The van der Waals surface area contributed by atoms with Gasteiger partial charge in [0, 0.05) is 28.1 Å². The molecule has 0 aliphatic carbocycles. The van der Waals surface area contributed by atoms with E-state index < -0.39 is 0 Å². The van der Waals surface area contributed by atoms with Crippen LogP contribution in [0.3, 0.4) is 0 Å². The third-order valence-electron chi connectivity index (χ3n) is 6.92. The molecule has 1 aromatic heterocycles. The van der Waals surface area contributed by atoms with Gasteiger partial charge in [0.2, 0.25) is 0 Å². The van der Waals surface area contributed by atoms with Crippen LogP contribution in [0.25, 0.3) is 38.6 Å². The Morgan fingerprint density at radius 1 is 0.410 bits per heavy atom. The predicted octanol–water partition coefficient (Wildman–Crippen LogP) is 10.0. The fraction of sp³-hybridized carbons (Fsp3) is 0. The van der Waals surface area contributed by atoms with Crippen molar-refractivity contribution in [2.24, 2.45) is 0 Å². The smallest absolute Gasteiger partial charge is 0.135 e. The van der Waals surface area contributed by atoms with Crippen molar-refractivity contribution in [2.45, 2.75) is 0 Å². The Morgan fingerprint density at radius 2 is 0.974 bits per heavy atom. The molecule has 0 fully saturated rings. The van der Waals surface area contributed by atoms with Crippen molar-refractivity contribution in [1.82, 2.24) is 4.57 Å². The Kier molecular flexibility index (Phi) is 5.80. The fourth-order valence-corrected chi connectivity index (χ4v) is 5.14. The molecule has 0 saturated heterocycles. The lowest BCUT2D eigenvalue weighted by molar-refractivity contribution is 0.461. The first kappa shape index (κ1) is 22.9. The molecule has 0 radical (unpaired) electrons. The van der Waals surface area contributed by atoms with Gasteiger partial charge in [-0.05, 0) is 60.2 Å². The van der Waals surface area contributed by atoms with Gasteiger partial charge in [0.25, 0.3) is 0 Å². The molecule has 1 heterocycles. The van der Waals surface area contributed by atoms with Crippen LogP contribution in [0.5, 0.6) is 23.0 Å². The van der Waals surface area contributed by atoms with E-state index in [4.69, 9.17) is 9.47 Å². The first-order chi connectivity index (χ1) is 19.3. The zero-order chi connectivity index (χ0) is 26.0. The number of ether oxygens (including phenoxy) is 2. The molecule has 3 nitrogen and oxygen atoms in total. The Balaban J connectivity index is 1.21. The molecule has 0 spiro atoms. The number of nitrogens with zero attached hydrogens (tertiary/aromatic N) is 1. The summed E-state index contributed by atoms with van der Waals surface area (Å²) in [7, 11) is 0. The normalized spacial score (nSPS) is 11.1. The van der Waals surface area contributed by atoms with Gasteiger partial charge in [-0.3, -0.25) is 0 Å². The quantitative estimate of drug-likeness (QED) is 0.225. The third-order valence-corrected chi connectivity index (χ3v) is 6.92. The Morgan fingerprint density at radius 3 is 1.69 bits per heavy atom. The first-order valence-corrected chi connectivity index (χ1v) is 13.0. The first-order valence-electron chi connectivity index (χ1n) is 13.0. The molecule has 0 N–H and O–H groups in total. The maximum Gasteiger partial charge on any atom is 0.135 e. The topological polar surface area (TPSA) is 23.4 Å².